The summed E-state index contributed by atoms with van der Waals surface area (Å²) >= 11 is 0. The zero-order valence-corrected chi connectivity index (χ0v) is 35.3. The Kier molecular flexibility index (Phi) is 28.3. The summed E-state index contributed by atoms with van der Waals surface area (Å²) in [5, 5.41) is 0. The highest BCUT2D eigenvalue weighted by molar-refractivity contribution is 5.70. The normalized spacial score (nSPS) is 18.8. The highest BCUT2D eigenvalue weighted by Crippen LogP contribution is 2.43. The minimum atomic E-state index is -0.0702. The molecule has 0 amide bonds. The molecule has 0 saturated heterocycles. The van der Waals surface area contributed by atoms with Gasteiger partial charge in [0.1, 0.15) is 12.2 Å². The van der Waals surface area contributed by atoms with Crippen molar-refractivity contribution in [2.24, 2.45) is 17.8 Å². The Morgan fingerprint density at radius 3 is 1.60 bits per heavy atom. The summed E-state index contributed by atoms with van der Waals surface area (Å²) in [5.41, 5.74) is 0. The van der Waals surface area contributed by atoms with E-state index in [1.165, 1.54) is 83.5 Å². The Bertz CT molecular complexity index is 900. The molecule has 53 heavy (non-hydrogen) atoms. The van der Waals surface area contributed by atoms with Gasteiger partial charge in [-0.3, -0.25) is 14.4 Å². The van der Waals surface area contributed by atoms with Crippen molar-refractivity contribution in [1.29, 1.82) is 0 Å². The van der Waals surface area contributed by atoms with Crippen LogP contribution in [0.1, 0.15) is 219 Å². The molecule has 0 aliphatic heterocycles. The quantitative estimate of drug-likeness (QED) is 0.0363. The minimum absolute atomic E-state index is 0.00206. The van der Waals surface area contributed by atoms with Crippen molar-refractivity contribution in [2.45, 2.75) is 232 Å². The largest absolute Gasteiger partial charge is 0.466 e. The van der Waals surface area contributed by atoms with Crippen LogP contribution in [0.3, 0.4) is 0 Å². The molecule has 7 heteroatoms. The lowest BCUT2D eigenvalue weighted by molar-refractivity contribution is -0.152. The summed E-state index contributed by atoms with van der Waals surface area (Å²) in [6, 6.07) is 0. The summed E-state index contributed by atoms with van der Waals surface area (Å²) in [4.78, 5) is 39.5. The van der Waals surface area contributed by atoms with E-state index in [-0.39, 0.29) is 30.1 Å². The molecule has 7 nitrogen and oxygen atoms in total. The second-order valence-corrected chi connectivity index (χ2v) is 17.3. The van der Waals surface area contributed by atoms with Crippen molar-refractivity contribution in [1.82, 2.24) is 4.90 Å². The fourth-order valence-electron chi connectivity index (χ4n) is 8.74. The average molecular weight is 748 g/mol. The van der Waals surface area contributed by atoms with Crippen LogP contribution < -0.4 is 0 Å². The third kappa shape index (κ3) is 26.0. The van der Waals surface area contributed by atoms with Gasteiger partial charge in [0.15, 0.2) is 0 Å². The van der Waals surface area contributed by atoms with Crippen LogP contribution in [0.5, 0.6) is 0 Å². The zero-order chi connectivity index (χ0) is 38.4. The van der Waals surface area contributed by atoms with Crippen LogP contribution in [-0.4, -0.2) is 62.3 Å². The second-order valence-electron chi connectivity index (χ2n) is 17.3. The summed E-state index contributed by atoms with van der Waals surface area (Å²) in [6.07, 6.45) is 34.9. The van der Waals surface area contributed by atoms with Gasteiger partial charge >= 0.3 is 17.9 Å². The number of hydrogen-bond acceptors (Lipinski definition) is 7. The monoisotopic (exact) mass is 748 g/mol. The predicted octanol–water partition coefficient (Wildman–Crippen LogP) is 12.3. The van der Waals surface area contributed by atoms with Gasteiger partial charge in [-0.15, -0.1) is 0 Å². The molecule has 0 aromatic carbocycles. The number of rotatable bonds is 35. The van der Waals surface area contributed by atoms with Crippen LogP contribution in [0.4, 0.5) is 0 Å². The summed E-state index contributed by atoms with van der Waals surface area (Å²) in [5.74, 6) is 2.17. The van der Waals surface area contributed by atoms with E-state index < -0.39 is 0 Å². The van der Waals surface area contributed by atoms with E-state index in [4.69, 9.17) is 14.2 Å². The molecule has 3 atom stereocenters. The zero-order valence-electron chi connectivity index (χ0n) is 35.3. The number of nitrogens with zero attached hydrogens (tertiary/aromatic N) is 1. The van der Waals surface area contributed by atoms with Crippen LogP contribution in [0, 0.1) is 17.8 Å². The molecule has 2 rings (SSSR count). The number of fused-ring (bicyclic) bond motifs is 2. The lowest BCUT2D eigenvalue weighted by Crippen LogP contribution is -2.26. The number of carbonyl (C=O) groups excluding carboxylic acids is 3. The summed E-state index contributed by atoms with van der Waals surface area (Å²) in [6.45, 7) is 6.00. The molecule has 0 spiro atoms. The maximum atomic E-state index is 12.6. The van der Waals surface area contributed by atoms with Gasteiger partial charge in [0.05, 0.1) is 6.61 Å². The number of ether oxygens (including phenoxy) is 3. The molecule has 0 radical (unpaired) electrons. The van der Waals surface area contributed by atoms with E-state index in [2.05, 4.69) is 18.7 Å². The lowest BCUT2D eigenvalue weighted by Gasteiger charge is -2.27. The van der Waals surface area contributed by atoms with Crippen molar-refractivity contribution in [2.75, 3.05) is 27.2 Å². The first-order valence-electron chi connectivity index (χ1n) is 23.0. The first-order chi connectivity index (χ1) is 25.8. The topological polar surface area (TPSA) is 82.1 Å². The third-order valence-corrected chi connectivity index (χ3v) is 12.0. The minimum Gasteiger partial charge on any atom is -0.466 e. The van der Waals surface area contributed by atoms with E-state index in [1.54, 1.807) is 0 Å². The fourth-order valence-corrected chi connectivity index (χ4v) is 8.74. The molecule has 0 aromatic heterocycles. The number of esters is 3. The molecular weight excluding hydrogens is 663 g/mol. The van der Waals surface area contributed by atoms with Crippen LogP contribution in [0.2, 0.25) is 0 Å². The molecule has 2 fully saturated rings. The first-order valence-corrected chi connectivity index (χ1v) is 23.0. The van der Waals surface area contributed by atoms with E-state index in [1.807, 2.05) is 14.1 Å². The van der Waals surface area contributed by atoms with Crippen LogP contribution in [-0.2, 0) is 28.6 Å². The van der Waals surface area contributed by atoms with Gasteiger partial charge in [0, 0.05) is 19.3 Å². The Hall–Kier alpha value is -1.63. The molecule has 0 aromatic rings. The molecule has 0 heterocycles. The third-order valence-electron chi connectivity index (χ3n) is 12.0. The van der Waals surface area contributed by atoms with Crippen LogP contribution in [0.25, 0.3) is 0 Å². The molecule has 0 N–H and O–H groups in total. The maximum Gasteiger partial charge on any atom is 0.306 e. The van der Waals surface area contributed by atoms with Gasteiger partial charge in [-0.1, -0.05) is 129 Å². The smallest absolute Gasteiger partial charge is 0.306 e. The van der Waals surface area contributed by atoms with E-state index in [9.17, 15) is 14.4 Å². The number of carbonyl (C=O) groups is 3. The Morgan fingerprint density at radius 1 is 0.547 bits per heavy atom. The van der Waals surface area contributed by atoms with Crippen molar-refractivity contribution < 1.29 is 28.6 Å². The molecular formula is C46H85NO6. The van der Waals surface area contributed by atoms with E-state index in [0.29, 0.717) is 31.8 Å². The first kappa shape index (κ1) is 47.5. The highest BCUT2D eigenvalue weighted by Gasteiger charge is 2.35. The van der Waals surface area contributed by atoms with E-state index in [0.717, 1.165) is 121 Å². The standard InChI is InChI=1S/C46H85NO6/c1-5-7-9-17-24-39(25-18-10-8-6-2)33-35-51-44(48)28-21-15-11-13-19-26-42(52-46(50)30-23-34-47(3)4)27-20-14-12-16-22-29-45(49)53-43-37-40-31-32-41(36-40)38-43/h39-43H,5-38H2,1-4H3. The average Bonchev–Trinajstić information content (AvgIpc) is 3.47. The Balaban J connectivity index is 1.56. The molecule has 2 aliphatic carbocycles. The Morgan fingerprint density at radius 2 is 1.04 bits per heavy atom. The second kappa shape index (κ2) is 31.6. The molecule has 2 saturated carbocycles. The van der Waals surface area contributed by atoms with E-state index >= 15 is 0 Å². The number of hydrogen-bond donors (Lipinski definition) is 0. The van der Waals surface area contributed by atoms with Gasteiger partial charge in [0.25, 0.3) is 0 Å². The van der Waals surface area contributed by atoms with Crippen molar-refractivity contribution in [3.8, 4) is 0 Å². The highest BCUT2D eigenvalue weighted by atomic mass is 16.5. The molecule has 2 bridgehead atoms. The summed E-state index contributed by atoms with van der Waals surface area (Å²) in [7, 11) is 4.06. The van der Waals surface area contributed by atoms with Crippen LogP contribution >= 0.6 is 0 Å². The molecule has 3 unspecified atom stereocenters. The summed E-state index contributed by atoms with van der Waals surface area (Å²) < 4.78 is 17.5. The van der Waals surface area contributed by atoms with Crippen LogP contribution in [0.15, 0.2) is 0 Å². The van der Waals surface area contributed by atoms with Gasteiger partial charge in [-0.05, 0) is 109 Å². The maximum absolute atomic E-state index is 12.6. The van der Waals surface area contributed by atoms with Gasteiger partial charge < -0.3 is 19.1 Å². The van der Waals surface area contributed by atoms with Crippen molar-refractivity contribution >= 4 is 17.9 Å². The predicted molar refractivity (Wildman–Crippen MR) is 219 cm³/mol. The van der Waals surface area contributed by atoms with Gasteiger partial charge in [0.2, 0.25) is 0 Å². The number of unbranched alkanes of at least 4 members (excludes halogenated alkanes) is 14. The molecule has 310 valence electrons. The lowest BCUT2D eigenvalue weighted by atomic mass is 9.87. The van der Waals surface area contributed by atoms with Gasteiger partial charge in [-0.2, -0.15) is 0 Å². The Labute approximate surface area is 327 Å². The molecule has 2 aliphatic rings. The SMILES string of the molecule is CCCCCCC(CCCCCC)CCOC(=O)CCCCCCCC(CCCCCCCC(=O)OC1CC2CCC(C2)C1)OC(=O)CCCN(C)C. The van der Waals surface area contributed by atoms with Crippen molar-refractivity contribution in [3.63, 3.8) is 0 Å². The fraction of sp³-hybridized carbons (Fsp3) is 0.935. The van der Waals surface area contributed by atoms with Gasteiger partial charge in [-0.25, -0.2) is 0 Å². The van der Waals surface area contributed by atoms with Crippen molar-refractivity contribution in [3.05, 3.63) is 0 Å².